The quantitative estimate of drug-likeness (QED) is 0.0211. The van der Waals surface area contributed by atoms with Gasteiger partial charge in [-0.05, 0) is 77.0 Å². The average Bonchev–Trinajstić information content (AvgIpc) is 3.46. The Morgan fingerprint density at radius 3 is 1.02 bits per heavy atom. The highest BCUT2D eigenvalue weighted by atomic mass is 16.7. The largest absolute Gasteiger partial charge is 0.477 e. The zero-order chi connectivity index (χ0) is 60.5. The Morgan fingerprint density at radius 2 is 0.687 bits per heavy atom. The van der Waals surface area contributed by atoms with Crippen LogP contribution in [0.5, 0.6) is 0 Å². The van der Waals surface area contributed by atoms with E-state index in [1.165, 1.54) is 180 Å². The molecule has 9 nitrogen and oxygen atoms in total. The number of nitrogens with zero attached hydrogens (tertiary/aromatic N) is 1. The van der Waals surface area contributed by atoms with Crippen LogP contribution in [-0.2, 0) is 33.3 Å². The fraction of sp³-hybridized carbons (Fsp3) is 0.743. The summed E-state index contributed by atoms with van der Waals surface area (Å²) in [7, 11) is 5.98. The van der Waals surface area contributed by atoms with E-state index in [0.717, 1.165) is 89.9 Å². The average molecular weight is 1160 g/mol. The summed E-state index contributed by atoms with van der Waals surface area (Å²) in [5.41, 5.74) is 0. The van der Waals surface area contributed by atoms with Crippen LogP contribution in [0, 0.1) is 0 Å². The lowest BCUT2D eigenvalue weighted by Gasteiger charge is -2.25. The topological polar surface area (TPSA) is 108 Å². The molecule has 83 heavy (non-hydrogen) atoms. The van der Waals surface area contributed by atoms with Gasteiger partial charge in [0.2, 0.25) is 0 Å². The molecule has 0 aliphatic carbocycles. The molecule has 0 saturated carbocycles. The van der Waals surface area contributed by atoms with Gasteiger partial charge in [-0.1, -0.05) is 304 Å². The van der Waals surface area contributed by atoms with E-state index in [1.807, 2.05) is 21.1 Å². The number of allylic oxidation sites excluding steroid dienone is 16. The SMILES string of the molecule is CC/C=C\C/C=C\C/C=C\C/C=C\C/C=C\C/C=C\C/C=C\C/C=C\CCCCCCCCCCCCCCCCC(=O)OC(COC(=O)CCCCCCCCCCCCCCCCCCCCC)COC(OCC[N+](C)(C)C)C(=O)O. The predicted molar refractivity (Wildman–Crippen MR) is 355 cm³/mol. The maximum atomic E-state index is 12.9. The second-order valence-corrected chi connectivity index (χ2v) is 24.1. The van der Waals surface area contributed by atoms with E-state index >= 15 is 0 Å². The van der Waals surface area contributed by atoms with Gasteiger partial charge < -0.3 is 28.5 Å². The van der Waals surface area contributed by atoms with Crippen molar-refractivity contribution in [2.45, 2.75) is 309 Å². The van der Waals surface area contributed by atoms with Crippen molar-refractivity contribution in [2.24, 2.45) is 0 Å². The Bertz CT molecular complexity index is 1680. The van der Waals surface area contributed by atoms with Gasteiger partial charge in [0.05, 0.1) is 34.4 Å². The minimum Gasteiger partial charge on any atom is -0.477 e. The van der Waals surface area contributed by atoms with E-state index in [9.17, 15) is 19.5 Å². The molecular formula is C74H130NO8+. The van der Waals surface area contributed by atoms with E-state index in [0.29, 0.717) is 17.4 Å². The summed E-state index contributed by atoms with van der Waals surface area (Å²) in [6.07, 6.45) is 85.1. The van der Waals surface area contributed by atoms with Crippen molar-refractivity contribution < 1.29 is 42.9 Å². The summed E-state index contributed by atoms with van der Waals surface area (Å²) in [6, 6.07) is 0. The predicted octanol–water partition coefficient (Wildman–Crippen LogP) is 21.2. The molecule has 9 heteroatoms. The lowest BCUT2D eigenvalue weighted by atomic mass is 10.0. The lowest BCUT2D eigenvalue weighted by molar-refractivity contribution is -0.870. The van der Waals surface area contributed by atoms with E-state index < -0.39 is 24.3 Å². The molecule has 0 radical (unpaired) electrons. The van der Waals surface area contributed by atoms with Crippen LogP contribution in [0.4, 0.5) is 0 Å². The maximum Gasteiger partial charge on any atom is 0.361 e. The van der Waals surface area contributed by atoms with Gasteiger partial charge in [0.1, 0.15) is 13.2 Å². The molecule has 2 unspecified atom stereocenters. The number of unbranched alkanes of at least 4 members (excludes halogenated alkanes) is 32. The van der Waals surface area contributed by atoms with Gasteiger partial charge in [0.15, 0.2) is 6.10 Å². The van der Waals surface area contributed by atoms with Gasteiger partial charge >= 0.3 is 17.9 Å². The van der Waals surface area contributed by atoms with Crippen LogP contribution in [0.1, 0.15) is 296 Å². The van der Waals surface area contributed by atoms with Crippen molar-refractivity contribution in [3.05, 3.63) is 97.2 Å². The van der Waals surface area contributed by atoms with Crippen LogP contribution in [0.3, 0.4) is 0 Å². The number of esters is 2. The maximum absolute atomic E-state index is 12.9. The number of rotatable bonds is 63. The van der Waals surface area contributed by atoms with Crippen molar-refractivity contribution in [3.8, 4) is 0 Å². The third-order valence-electron chi connectivity index (χ3n) is 14.9. The second-order valence-electron chi connectivity index (χ2n) is 24.1. The Kier molecular flexibility index (Phi) is 61.3. The summed E-state index contributed by atoms with van der Waals surface area (Å²) in [5.74, 6) is -1.99. The first-order valence-corrected chi connectivity index (χ1v) is 34.4. The molecule has 0 heterocycles. The first kappa shape index (κ1) is 79.2. The van der Waals surface area contributed by atoms with E-state index in [2.05, 4.69) is 111 Å². The number of likely N-dealkylation sites (N-methyl/N-ethyl adjacent to an activating group) is 1. The van der Waals surface area contributed by atoms with Gasteiger partial charge in [-0.25, -0.2) is 4.79 Å². The molecule has 478 valence electrons. The van der Waals surface area contributed by atoms with Gasteiger partial charge in [-0.3, -0.25) is 9.59 Å². The molecule has 0 fully saturated rings. The summed E-state index contributed by atoms with van der Waals surface area (Å²) < 4.78 is 23.0. The molecule has 0 saturated heterocycles. The standard InChI is InChI=1S/C74H129NO8/c1-6-8-10-12-14-16-18-20-22-24-26-27-28-29-30-31-32-33-34-35-36-37-38-39-40-41-42-43-44-45-47-49-51-53-55-57-59-61-63-65-72(77)83-70(69-82-74(73(78)79)80-67-66-75(3,4)5)68-81-71(76)64-62-60-58-56-54-52-50-48-46-25-23-21-19-17-15-13-11-9-7-2/h8,10,14,16,20,22,26-27,29-30,32-33,35-36,38-39,70,74H,6-7,9,11-13,15,17-19,21,23-25,28,31,34,37,40-69H2,1-5H3/p+1/b10-8-,16-14-,22-20-,27-26-,30-29-,33-32-,36-35-,39-38-. The van der Waals surface area contributed by atoms with Gasteiger partial charge in [-0.15, -0.1) is 0 Å². The third kappa shape index (κ3) is 65.6. The van der Waals surface area contributed by atoms with Crippen LogP contribution < -0.4 is 0 Å². The molecule has 0 aliphatic heterocycles. The minimum absolute atomic E-state index is 0.181. The van der Waals surface area contributed by atoms with Crippen molar-refractivity contribution >= 4 is 17.9 Å². The summed E-state index contributed by atoms with van der Waals surface area (Å²) in [4.78, 5) is 37.6. The molecule has 0 bridgehead atoms. The van der Waals surface area contributed by atoms with E-state index in [-0.39, 0.29) is 32.2 Å². The molecule has 0 spiro atoms. The Balaban J connectivity index is 4.08. The van der Waals surface area contributed by atoms with Gasteiger partial charge in [0, 0.05) is 12.8 Å². The number of quaternary nitrogens is 1. The fourth-order valence-corrected chi connectivity index (χ4v) is 9.62. The molecule has 0 amide bonds. The second kappa shape index (κ2) is 64.2. The Morgan fingerprint density at radius 1 is 0.373 bits per heavy atom. The Hall–Kier alpha value is -3.79. The molecule has 2 atom stereocenters. The number of hydrogen-bond donors (Lipinski definition) is 1. The highest BCUT2D eigenvalue weighted by Gasteiger charge is 2.25. The van der Waals surface area contributed by atoms with Crippen molar-refractivity contribution in [2.75, 3.05) is 47.5 Å². The molecule has 0 aromatic carbocycles. The number of ether oxygens (including phenoxy) is 4. The highest BCUT2D eigenvalue weighted by Crippen LogP contribution is 2.17. The number of carboxylic acids is 1. The van der Waals surface area contributed by atoms with Gasteiger partial charge in [-0.2, -0.15) is 0 Å². The van der Waals surface area contributed by atoms with Crippen LogP contribution >= 0.6 is 0 Å². The van der Waals surface area contributed by atoms with Crippen LogP contribution in [0.15, 0.2) is 97.2 Å². The van der Waals surface area contributed by atoms with E-state index in [1.54, 1.807) is 0 Å². The van der Waals surface area contributed by atoms with Crippen molar-refractivity contribution in [3.63, 3.8) is 0 Å². The first-order chi connectivity index (χ1) is 40.6. The third-order valence-corrected chi connectivity index (χ3v) is 14.9. The monoisotopic (exact) mass is 1160 g/mol. The first-order valence-electron chi connectivity index (χ1n) is 34.4. The van der Waals surface area contributed by atoms with Crippen molar-refractivity contribution in [1.29, 1.82) is 0 Å². The number of carboxylic acid groups (broad SMARTS) is 1. The number of carbonyl (C=O) groups is 3. The molecular weight excluding hydrogens is 1030 g/mol. The van der Waals surface area contributed by atoms with Crippen LogP contribution in [-0.4, -0.2) is 87.4 Å². The molecule has 0 aliphatic rings. The lowest BCUT2D eigenvalue weighted by Crippen LogP contribution is -2.40. The molecule has 0 aromatic rings. The summed E-state index contributed by atoms with van der Waals surface area (Å²) in [5, 5.41) is 9.73. The normalized spacial score (nSPS) is 13.3. The molecule has 1 N–H and O–H groups in total. The van der Waals surface area contributed by atoms with E-state index in [4.69, 9.17) is 18.9 Å². The van der Waals surface area contributed by atoms with Gasteiger partial charge in [0.25, 0.3) is 6.29 Å². The van der Waals surface area contributed by atoms with Crippen LogP contribution in [0.2, 0.25) is 0 Å². The summed E-state index contributed by atoms with van der Waals surface area (Å²) >= 11 is 0. The zero-order valence-electron chi connectivity index (χ0n) is 54.6. The number of hydrogen-bond acceptors (Lipinski definition) is 7. The zero-order valence-corrected chi connectivity index (χ0v) is 54.6. The smallest absolute Gasteiger partial charge is 0.361 e. The van der Waals surface area contributed by atoms with Crippen molar-refractivity contribution in [1.82, 2.24) is 0 Å². The Labute approximate surface area is 512 Å². The highest BCUT2D eigenvalue weighted by molar-refractivity contribution is 5.71. The summed E-state index contributed by atoms with van der Waals surface area (Å²) in [6.45, 7) is 4.80. The minimum atomic E-state index is -1.51. The number of carbonyl (C=O) groups excluding carboxylic acids is 2. The fourth-order valence-electron chi connectivity index (χ4n) is 9.62. The van der Waals surface area contributed by atoms with Crippen LogP contribution in [0.25, 0.3) is 0 Å². The molecule has 0 rings (SSSR count). The number of aliphatic carboxylic acids is 1. The molecule has 0 aromatic heterocycles.